The molecule has 2 aromatic carbocycles. The molecule has 1 aromatic heterocycles. The van der Waals surface area contributed by atoms with Gasteiger partial charge in [0.2, 0.25) is 5.95 Å². The van der Waals surface area contributed by atoms with Crippen LogP contribution in [0.25, 0.3) is 11.3 Å². The van der Waals surface area contributed by atoms with Crippen LogP contribution in [0, 0.1) is 0 Å². The second-order valence-electron chi connectivity index (χ2n) is 4.92. The molecule has 0 radical (unpaired) electrons. The first kappa shape index (κ1) is 13.2. The summed E-state index contributed by atoms with van der Waals surface area (Å²) >= 11 is 0. The molecule has 0 aliphatic heterocycles. The standard InChI is InChI=1S/C17H17N3O/c1-20-16(14-7-3-2-4-8-14)12-19-17(20)18-11-13-6-5-9-15(21)10-13/h2-10,12,21H,11H2,1H3,(H,18,19). The lowest BCUT2D eigenvalue weighted by molar-refractivity contribution is 0.474. The second-order valence-corrected chi connectivity index (χ2v) is 4.92. The zero-order chi connectivity index (χ0) is 14.7. The Bertz CT molecular complexity index is 735. The lowest BCUT2D eigenvalue weighted by Crippen LogP contribution is -2.05. The van der Waals surface area contributed by atoms with Gasteiger partial charge in [-0.05, 0) is 23.3 Å². The average Bonchev–Trinajstić information content (AvgIpc) is 2.87. The van der Waals surface area contributed by atoms with E-state index < -0.39 is 0 Å². The van der Waals surface area contributed by atoms with E-state index in [0.717, 1.165) is 22.8 Å². The van der Waals surface area contributed by atoms with Crippen LogP contribution >= 0.6 is 0 Å². The van der Waals surface area contributed by atoms with Crippen molar-refractivity contribution < 1.29 is 5.11 Å². The van der Waals surface area contributed by atoms with Gasteiger partial charge < -0.3 is 15.0 Å². The molecule has 1 heterocycles. The van der Waals surface area contributed by atoms with Crippen molar-refractivity contribution in [2.24, 2.45) is 7.05 Å². The molecule has 0 spiro atoms. The number of rotatable bonds is 4. The molecule has 106 valence electrons. The Hall–Kier alpha value is -2.75. The maximum atomic E-state index is 9.47. The highest BCUT2D eigenvalue weighted by atomic mass is 16.3. The van der Waals surface area contributed by atoms with Crippen LogP contribution < -0.4 is 5.32 Å². The maximum absolute atomic E-state index is 9.47. The molecule has 0 atom stereocenters. The molecule has 0 amide bonds. The van der Waals surface area contributed by atoms with Gasteiger partial charge in [-0.25, -0.2) is 4.98 Å². The Labute approximate surface area is 123 Å². The molecular weight excluding hydrogens is 262 g/mol. The van der Waals surface area contributed by atoms with Gasteiger partial charge in [-0.2, -0.15) is 0 Å². The van der Waals surface area contributed by atoms with E-state index >= 15 is 0 Å². The summed E-state index contributed by atoms with van der Waals surface area (Å²) < 4.78 is 2.03. The van der Waals surface area contributed by atoms with E-state index in [9.17, 15) is 5.11 Å². The number of aromatic nitrogens is 2. The first-order valence-electron chi connectivity index (χ1n) is 6.83. The van der Waals surface area contributed by atoms with Gasteiger partial charge in [0.25, 0.3) is 0 Å². The molecule has 21 heavy (non-hydrogen) atoms. The summed E-state index contributed by atoms with van der Waals surface area (Å²) in [5.74, 6) is 1.08. The van der Waals surface area contributed by atoms with E-state index in [-0.39, 0.29) is 5.75 Å². The van der Waals surface area contributed by atoms with Gasteiger partial charge in [-0.15, -0.1) is 0 Å². The lowest BCUT2D eigenvalue weighted by Gasteiger charge is -2.08. The van der Waals surface area contributed by atoms with E-state index in [4.69, 9.17) is 0 Å². The molecule has 0 fully saturated rings. The zero-order valence-corrected chi connectivity index (χ0v) is 11.8. The summed E-state index contributed by atoms with van der Waals surface area (Å²) in [5, 5.41) is 12.8. The molecule has 4 nitrogen and oxygen atoms in total. The highest BCUT2D eigenvalue weighted by Gasteiger charge is 2.07. The normalized spacial score (nSPS) is 10.5. The summed E-state index contributed by atoms with van der Waals surface area (Å²) in [6.45, 7) is 0.619. The summed E-state index contributed by atoms with van der Waals surface area (Å²) in [5.41, 5.74) is 3.21. The third-order valence-corrected chi connectivity index (χ3v) is 3.42. The molecule has 4 heteroatoms. The fourth-order valence-electron chi connectivity index (χ4n) is 2.30. The molecule has 0 saturated heterocycles. The van der Waals surface area contributed by atoms with E-state index in [0.29, 0.717) is 6.54 Å². The van der Waals surface area contributed by atoms with Crippen molar-refractivity contribution in [3.8, 4) is 17.0 Å². The number of anilines is 1. The van der Waals surface area contributed by atoms with Crippen molar-refractivity contribution in [1.82, 2.24) is 9.55 Å². The van der Waals surface area contributed by atoms with Gasteiger partial charge in [-0.1, -0.05) is 42.5 Å². The fraction of sp³-hybridized carbons (Fsp3) is 0.118. The maximum Gasteiger partial charge on any atom is 0.203 e. The van der Waals surface area contributed by atoms with Crippen LogP contribution in [0.5, 0.6) is 5.75 Å². The average molecular weight is 279 g/mol. The van der Waals surface area contributed by atoms with E-state index in [1.165, 1.54) is 0 Å². The van der Waals surface area contributed by atoms with Gasteiger partial charge in [0.1, 0.15) is 5.75 Å². The van der Waals surface area contributed by atoms with Gasteiger partial charge in [0, 0.05) is 13.6 Å². The number of phenolic OH excluding ortho intramolecular Hbond substituents is 1. The highest BCUT2D eigenvalue weighted by Crippen LogP contribution is 2.22. The van der Waals surface area contributed by atoms with Gasteiger partial charge in [0.15, 0.2) is 0 Å². The first-order chi connectivity index (χ1) is 10.2. The predicted molar refractivity (Wildman–Crippen MR) is 84.1 cm³/mol. The minimum absolute atomic E-state index is 0.277. The number of hydrogen-bond donors (Lipinski definition) is 2. The molecule has 3 aromatic rings. The summed E-state index contributed by atoms with van der Waals surface area (Å²) in [6, 6.07) is 17.4. The molecule has 3 rings (SSSR count). The lowest BCUT2D eigenvalue weighted by atomic mass is 10.2. The number of hydrogen-bond acceptors (Lipinski definition) is 3. The Morgan fingerprint density at radius 3 is 2.67 bits per heavy atom. The number of nitrogens with one attached hydrogen (secondary N) is 1. The smallest absolute Gasteiger partial charge is 0.203 e. The molecular formula is C17H17N3O. The van der Waals surface area contributed by atoms with Gasteiger partial charge >= 0.3 is 0 Å². The molecule has 0 bridgehead atoms. The van der Waals surface area contributed by atoms with Crippen molar-refractivity contribution in [1.29, 1.82) is 0 Å². The van der Waals surface area contributed by atoms with E-state index in [1.807, 2.05) is 48.1 Å². The van der Waals surface area contributed by atoms with E-state index in [1.54, 1.807) is 12.1 Å². The van der Waals surface area contributed by atoms with Crippen LogP contribution in [-0.4, -0.2) is 14.7 Å². The first-order valence-corrected chi connectivity index (χ1v) is 6.83. The Morgan fingerprint density at radius 1 is 1.10 bits per heavy atom. The molecule has 0 unspecified atom stereocenters. The molecule has 0 aliphatic carbocycles. The quantitative estimate of drug-likeness (QED) is 0.769. The SMILES string of the molecule is Cn1c(-c2ccccc2)cnc1NCc1cccc(O)c1. The summed E-state index contributed by atoms with van der Waals surface area (Å²) in [4.78, 5) is 4.42. The Morgan fingerprint density at radius 2 is 1.90 bits per heavy atom. The largest absolute Gasteiger partial charge is 0.508 e. The van der Waals surface area contributed by atoms with Crippen LogP contribution in [0.4, 0.5) is 5.95 Å². The summed E-state index contributed by atoms with van der Waals surface area (Å²) in [7, 11) is 1.99. The number of nitrogens with zero attached hydrogens (tertiary/aromatic N) is 2. The van der Waals surface area contributed by atoms with Crippen LogP contribution in [0.2, 0.25) is 0 Å². The Kier molecular flexibility index (Phi) is 3.60. The van der Waals surface area contributed by atoms with Crippen LogP contribution in [0.3, 0.4) is 0 Å². The zero-order valence-electron chi connectivity index (χ0n) is 11.8. The highest BCUT2D eigenvalue weighted by molar-refractivity contribution is 5.61. The predicted octanol–water partition coefficient (Wildman–Crippen LogP) is 3.40. The van der Waals surface area contributed by atoms with Crippen molar-refractivity contribution in [2.75, 3.05) is 5.32 Å². The topological polar surface area (TPSA) is 50.1 Å². The molecule has 2 N–H and O–H groups in total. The molecule has 0 saturated carbocycles. The third-order valence-electron chi connectivity index (χ3n) is 3.42. The molecule has 0 aliphatic rings. The van der Waals surface area contributed by atoms with Crippen LogP contribution in [0.1, 0.15) is 5.56 Å². The number of imidazole rings is 1. The van der Waals surface area contributed by atoms with Crippen molar-refractivity contribution in [3.05, 3.63) is 66.4 Å². The van der Waals surface area contributed by atoms with Crippen LogP contribution in [-0.2, 0) is 13.6 Å². The minimum atomic E-state index is 0.277. The van der Waals surface area contributed by atoms with Gasteiger partial charge in [0.05, 0.1) is 11.9 Å². The Balaban J connectivity index is 1.77. The second kappa shape index (κ2) is 5.71. The monoisotopic (exact) mass is 279 g/mol. The minimum Gasteiger partial charge on any atom is -0.508 e. The number of benzene rings is 2. The number of phenols is 1. The van der Waals surface area contributed by atoms with Crippen molar-refractivity contribution in [2.45, 2.75) is 6.54 Å². The third kappa shape index (κ3) is 2.89. The van der Waals surface area contributed by atoms with Crippen molar-refractivity contribution >= 4 is 5.95 Å². The number of aromatic hydroxyl groups is 1. The van der Waals surface area contributed by atoms with Crippen LogP contribution in [0.15, 0.2) is 60.8 Å². The fourth-order valence-corrected chi connectivity index (χ4v) is 2.30. The van der Waals surface area contributed by atoms with Gasteiger partial charge in [-0.3, -0.25) is 0 Å². The van der Waals surface area contributed by atoms with E-state index in [2.05, 4.69) is 22.4 Å². The van der Waals surface area contributed by atoms with Crippen molar-refractivity contribution in [3.63, 3.8) is 0 Å². The summed E-state index contributed by atoms with van der Waals surface area (Å²) in [6.07, 6.45) is 1.86.